The van der Waals surface area contributed by atoms with E-state index in [0.717, 1.165) is 24.5 Å². The molecule has 1 aromatic rings. The molecule has 1 aliphatic heterocycles. The van der Waals surface area contributed by atoms with Gasteiger partial charge in [-0.05, 0) is 37.6 Å². The number of benzene rings is 1. The molecule has 1 saturated heterocycles. The first-order valence-electron chi connectivity index (χ1n) is 6.24. The average molecular weight is 251 g/mol. The van der Waals surface area contributed by atoms with Crippen LogP contribution >= 0.6 is 0 Å². The van der Waals surface area contributed by atoms with Crippen molar-refractivity contribution in [2.45, 2.75) is 25.3 Å². The van der Waals surface area contributed by atoms with Gasteiger partial charge in [-0.25, -0.2) is 0 Å². The molecule has 4 nitrogen and oxygen atoms in total. The van der Waals surface area contributed by atoms with Crippen molar-refractivity contribution in [3.05, 3.63) is 17.7 Å². The summed E-state index contributed by atoms with van der Waals surface area (Å²) in [5, 5.41) is 3.46. The van der Waals surface area contributed by atoms with Gasteiger partial charge in [0.25, 0.3) is 0 Å². The van der Waals surface area contributed by atoms with Gasteiger partial charge >= 0.3 is 0 Å². The Kier molecular flexibility index (Phi) is 3.97. The van der Waals surface area contributed by atoms with Crippen LogP contribution in [-0.4, -0.2) is 33.9 Å². The van der Waals surface area contributed by atoms with Gasteiger partial charge in [-0.3, -0.25) is 0 Å². The summed E-state index contributed by atoms with van der Waals surface area (Å²) in [5.41, 5.74) is 1.24. The van der Waals surface area contributed by atoms with Gasteiger partial charge in [0.2, 0.25) is 5.75 Å². The van der Waals surface area contributed by atoms with Gasteiger partial charge in [0.15, 0.2) is 11.5 Å². The minimum Gasteiger partial charge on any atom is -0.493 e. The molecule has 0 spiro atoms. The zero-order valence-electron chi connectivity index (χ0n) is 11.4. The molecule has 0 aromatic heterocycles. The standard InChI is InChI=1S/C14H21NO3/c1-9-11(5-6-15-9)10-7-12(16-2)14(18-4)13(8-10)17-3/h7-9,11,15H,5-6H2,1-4H3. The summed E-state index contributed by atoms with van der Waals surface area (Å²) in [5.74, 6) is 2.61. The van der Waals surface area contributed by atoms with E-state index in [-0.39, 0.29) is 0 Å². The molecule has 4 heteroatoms. The van der Waals surface area contributed by atoms with Crippen LogP contribution in [0.3, 0.4) is 0 Å². The van der Waals surface area contributed by atoms with Crippen LogP contribution in [0.1, 0.15) is 24.8 Å². The summed E-state index contributed by atoms with van der Waals surface area (Å²) in [7, 11) is 4.93. The molecular formula is C14H21NO3. The lowest BCUT2D eigenvalue weighted by Crippen LogP contribution is -2.21. The molecule has 2 rings (SSSR count). The fourth-order valence-corrected chi connectivity index (χ4v) is 2.63. The molecule has 1 N–H and O–H groups in total. The van der Waals surface area contributed by atoms with Crippen LogP contribution < -0.4 is 19.5 Å². The first-order valence-corrected chi connectivity index (χ1v) is 6.24. The Morgan fingerprint density at radius 3 is 2.06 bits per heavy atom. The first kappa shape index (κ1) is 13.0. The third-order valence-corrected chi connectivity index (χ3v) is 3.64. The van der Waals surface area contributed by atoms with Crippen LogP contribution in [0.5, 0.6) is 17.2 Å². The van der Waals surface area contributed by atoms with Crippen molar-refractivity contribution in [3.8, 4) is 17.2 Å². The molecule has 2 unspecified atom stereocenters. The molecule has 1 aromatic carbocycles. The lowest BCUT2D eigenvalue weighted by Gasteiger charge is -2.19. The lowest BCUT2D eigenvalue weighted by molar-refractivity contribution is 0.323. The van der Waals surface area contributed by atoms with E-state index < -0.39 is 0 Å². The van der Waals surface area contributed by atoms with E-state index >= 15 is 0 Å². The van der Waals surface area contributed by atoms with Gasteiger partial charge in [-0.2, -0.15) is 0 Å². The fraction of sp³-hybridized carbons (Fsp3) is 0.571. The molecule has 2 atom stereocenters. The summed E-state index contributed by atoms with van der Waals surface area (Å²) in [6.07, 6.45) is 1.14. The van der Waals surface area contributed by atoms with Gasteiger partial charge < -0.3 is 19.5 Å². The Labute approximate surface area is 108 Å². The Morgan fingerprint density at radius 2 is 1.67 bits per heavy atom. The van der Waals surface area contributed by atoms with Crippen LogP contribution in [0.4, 0.5) is 0 Å². The van der Waals surface area contributed by atoms with Crippen molar-refractivity contribution in [1.82, 2.24) is 5.32 Å². The highest BCUT2D eigenvalue weighted by molar-refractivity contribution is 5.54. The van der Waals surface area contributed by atoms with Crippen molar-refractivity contribution in [3.63, 3.8) is 0 Å². The average Bonchev–Trinajstić information content (AvgIpc) is 2.83. The maximum absolute atomic E-state index is 5.39. The number of rotatable bonds is 4. The number of methoxy groups -OCH3 is 3. The second-order valence-corrected chi connectivity index (χ2v) is 4.60. The molecule has 0 radical (unpaired) electrons. The maximum Gasteiger partial charge on any atom is 0.203 e. The minimum absolute atomic E-state index is 0.479. The monoisotopic (exact) mass is 251 g/mol. The molecule has 0 aliphatic carbocycles. The second kappa shape index (κ2) is 5.48. The molecule has 1 aliphatic rings. The van der Waals surface area contributed by atoms with E-state index in [1.54, 1.807) is 21.3 Å². The topological polar surface area (TPSA) is 39.7 Å². The van der Waals surface area contributed by atoms with Crippen molar-refractivity contribution in [2.24, 2.45) is 0 Å². The van der Waals surface area contributed by atoms with Gasteiger partial charge in [0.1, 0.15) is 0 Å². The Balaban J connectivity index is 2.42. The van der Waals surface area contributed by atoms with Crippen molar-refractivity contribution in [2.75, 3.05) is 27.9 Å². The Morgan fingerprint density at radius 1 is 1.06 bits per heavy atom. The Bertz CT molecular complexity index is 394. The van der Waals surface area contributed by atoms with Crippen LogP contribution in [0.15, 0.2) is 12.1 Å². The maximum atomic E-state index is 5.39. The SMILES string of the molecule is COc1cc(C2CCNC2C)cc(OC)c1OC. The van der Waals surface area contributed by atoms with Gasteiger partial charge in [0.05, 0.1) is 21.3 Å². The largest absolute Gasteiger partial charge is 0.493 e. The summed E-state index contributed by atoms with van der Waals surface area (Å²) in [6.45, 7) is 3.27. The number of hydrogen-bond donors (Lipinski definition) is 1. The zero-order chi connectivity index (χ0) is 13.1. The molecular weight excluding hydrogens is 230 g/mol. The van der Waals surface area contributed by atoms with Crippen LogP contribution in [0.25, 0.3) is 0 Å². The summed E-state index contributed by atoms with van der Waals surface area (Å²) < 4.78 is 16.1. The second-order valence-electron chi connectivity index (χ2n) is 4.60. The van der Waals surface area contributed by atoms with Crippen molar-refractivity contribution < 1.29 is 14.2 Å². The lowest BCUT2D eigenvalue weighted by atomic mass is 9.92. The predicted octanol–water partition coefficient (Wildman–Crippen LogP) is 2.18. The van der Waals surface area contributed by atoms with Crippen LogP contribution in [0.2, 0.25) is 0 Å². The predicted molar refractivity (Wildman–Crippen MR) is 70.9 cm³/mol. The van der Waals surface area contributed by atoms with Gasteiger partial charge in [-0.1, -0.05) is 0 Å². The van der Waals surface area contributed by atoms with E-state index in [1.807, 2.05) is 0 Å². The third-order valence-electron chi connectivity index (χ3n) is 3.64. The van der Waals surface area contributed by atoms with E-state index in [4.69, 9.17) is 14.2 Å². The van der Waals surface area contributed by atoms with E-state index in [9.17, 15) is 0 Å². The molecule has 100 valence electrons. The van der Waals surface area contributed by atoms with E-state index in [0.29, 0.717) is 17.7 Å². The third kappa shape index (κ3) is 2.25. The quantitative estimate of drug-likeness (QED) is 0.890. The number of nitrogens with one attached hydrogen (secondary N) is 1. The highest BCUT2D eigenvalue weighted by Gasteiger charge is 2.26. The highest BCUT2D eigenvalue weighted by Crippen LogP contribution is 2.41. The Hall–Kier alpha value is -1.42. The molecule has 0 saturated carbocycles. The molecule has 18 heavy (non-hydrogen) atoms. The van der Waals surface area contributed by atoms with Gasteiger partial charge in [0, 0.05) is 12.0 Å². The molecule has 1 heterocycles. The first-order chi connectivity index (χ1) is 8.71. The number of ether oxygens (including phenoxy) is 3. The normalized spacial score (nSPS) is 22.9. The zero-order valence-corrected chi connectivity index (χ0v) is 11.4. The smallest absolute Gasteiger partial charge is 0.203 e. The van der Waals surface area contributed by atoms with Crippen LogP contribution in [-0.2, 0) is 0 Å². The highest BCUT2D eigenvalue weighted by atomic mass is 16.5. The number of hydrogen-bond acceptors (Lipinski definition) is 4. The molecule has 0 bridgehead atoms. The minimum atomic E-state index is 0.479. The van der Waals surface area contributed by atoms with Crippen molar-refractivity contribution >= 4 is 0 Å². The molecule has 1 fully saturated rings. The summed E-state index contributed by atoms with van der Waals surface area (Å²) in [6, 6.07) is 4.58. The van der Waals surface area contributed by atoms with Gasteiger partial charge in [-0.15, -0.1) is 0 Å². The molecule has 0 amide bonds. The fourth-order valence-electron chi connectivity index (χ4n) is 2.63. The van der Waals surface area contributed by atoms with Crippen LogP contribution in [0, 0.1) is 0 Å². The van der Waals surface area contributed by atoms with E-state index in [2.05, 4.69) is 24.4 Å². The summed E-state index contributed by atoms with van der Waals surface area (Å²) >= 11 is 0. The summed E-state index contributed by atoms with van der Waals surface area (Å²) in [4.78, 5) is 0. The van der Waals surface area contributed by atoms with Crippen molar-refractivity contribution in [1.29, 1.82) is 0 Å². The van der Waals surface area contributed by atoms with E-state index in [1.165, 1.54) is 5.56 Å².